The van der Waals surface area contributed by atoms with Crippen LogP contribution in [0.2, 0.25) is 0 Å². The predicted molar refractivity (Wildman–Crippen MR) is 80.1 cm³/mol. The minimum Gasteiger partial charge on any atom is -0.378 e. The highest BCUT2D eigenvalue weighted by molar-refractivity contribution is 5.95. The van der Waals surface area contributed by atoms with E-state index in [2.05, 4.69) is 22.1 Å². The fourth-order valence-electron chi connectivity index (χ4n) is 1.98. The van der Waals surface area contributed by atoms with Crippen LogP contribution in [0, 0.1) is 10.1 Å². The molecular formula is C14H18N4O2. The minimum absolute atomic E-state index is 0.0165. The number of nitro groups is 1. The van der Waals surface area contributed by atoms with Crippen molar-refractivity contribution >= 4 is 22.3 Å². The lowest BCUT2D eigenvalue weighted by molar-refractivity contribution is -0.384. The summed E-state index contributed by atoms with van der Waals surface area (Å²) >= 11 is 0. The second-order valence-electron chi connectivity index (χ2n) is 4.62. The van der Waals surface area contributed by atoms with Gasteiger partial charge in [0, 0.05) is 18.5 Å². The van der Waals surface area contributed by atoms with Gasteiger partial charge < -0.3 is 10.2 Å². The molecule has 0 aliphatic heterocycles. The van der Waals surface area contributed by atoms with Crippen molar-refractivity contribution in [3.8, 4) is 0 Å². The van der Waals surface area contributed by atoms with E-state index in [4.69, 9.17) is 0 Å². The van der Waals surface area contributed by atoms with E-state index < -0.39 is 4.92 Å². The number of pyridine rings is 1. The lowest BCUT2D eigenvalue weighted by atomic mass is 10.1. The number of nitrogens with zero attached hydrogens (tertiary/aromatic N) is 3. The van der Waals surface area contributed by atoms with Crippen LogP contribution in [0.25, 0.3) is 10.9 Å². The van der Waals surface area contributed by atoms with Crippen LogP contribution < -0.4 is 5.32 Å². The molecule has 0 saturated heterocycles. The molecule has 1 aromatic carbocycles. The first-order valence-electron chi connectivity index (χ1n) is 6.58. The van der Waals surface area contributed by atoms with E-state index in [1.807, 2.05) is 31.3 Å². The Labute approximate surface area is 117 Å². The topological polar surface area (TPSA) is 71.3 Å². The number of nitrogens with one attached hydrogen (secondary N) is 1. The molecule has 20 heavy (non-hydrogen) atoms. The lowest BCUT2D eigenvalue weighted by Gasteiger charge is -2.15. The maximum atomic E-state index is 11.1. The summed E-state index contributed by atoms with van der Waals surface area (Å²) in [5, 5.41) is 15.1. The average Bonchev–Trinajstić information content (AvgIpc) is 2.46. The third kappa shape index (κ3) is 3.03. The fourth-order valence-corrected chi connectivity index (χ4v) is 1.98. The highest BCUT2D eigenvalue weighted by atomic mass is 16.6. The van der Waals surface area contributed by atoms with E-state index in [0.717, 1.165) is 24.0 Å². The first-order valence-corrected chi connectivity index (χ1v) is 6.58. The van der Waals surface area contributed by atoms with Gasteiger partial charge in [0.25, 0.3) is 0 Å². The number of hydrogen-bond donors (Lipinski definition) is 1. The third-order valence-corrected chi connectivity index (χ3v) is 3.29. The summed E-state index contributed by atoms with van der Waals surface area (Å²) in [6.07, 6.45) is 1.31. The van der Waals surface area contributed by atoms with Crippen molar-refractivity contribution in [2.75, 3.05) is 32.0 Å². The summed E-state index contributed by atoms with van der Waals surface area (Å²) in [5.74, 6) is 0. The van der Waals surface area contributed by atoms with Crippen LogP contribution in [0.1, 0.15) is 6.92 Å². The van der Waals surface area contributed by atoms with Crippen LogP contribution in [0.4, 0.5) is 11.4 Å². The molecule has 0 unspecified atom stereocenters. The van der Waals surface area contributed by atoms with E-state index in [1.54, 1.807) is 0 Å². The van der Waals surface area contributed by atoms with Crippen LogP contribution in [-0.4, -0.2) is 41.5 Å². The van der Waals surface area contributed by atoms with E-state index in [0.29, 0.717) is 12.2 Å². The van der Waals surface area contributed by atoms with Gasteiger partial charge in [0.15, 0.2) is 0 Å². The van der Waals surface area contributed by atoms with Gasteiger partial charge in [-0.2, -0.15) is 0 Å². The molecule has 1 N–H and O–H groups in total. The van der Waals surface area contributed by atoms with Crippen molar-refractivity contribution in [2.45, 2.75) is 6.92 Å². The standard InChI is InChI=1S/C14H18N4O2/c1-3-17(2)9-8-15-14-11-6-4-5-7-12(11)16-10-13(14)18(19)20/h4-7,10H,3,8-9H2,1-2H3,(H,15,16). The molecule has 0 atom stereocenters. The van der Waals surface area contributed by atoms with Crippen LogP contribution in [0.3, 0.4) is 0 Å². The van der Waals surface area contributed by atoms with Crippen LogP contribution in [0.15, 0.2) is 30.5 Å². The second-order valence-corrected chi connectivity index (χ2v) is 4.62. The van der Waals surface area contributed by atoms with Gasteiger partial charge >= 0.3 is 5.69 Å². The maximum Gasteiger partial charge on any atom is 0.311 e. The Hall–Kier alpha value is -2.21. The highest BCUT2D eigenvalue weighted by Gasteiger charge is 2.17. The smallest absolute Gasteiger partial charge is 0.311 e. The SMILES string of the molecule is CCN(C)CCNc1c([N+](=O)[O-])cnc2ccccc12. The molecule has 0 amide bonds. The Morgan fingerprint density at radius 1 is 1.40 bits per heavy atom. The zero-order valence-corrected chi connectivity index (χ0v) is 11.7. The van der Waals surface area contributed by atoms with Crippen molar-refractivity contribution in [3.63, 3.8) is 0 Å². The zero-order chi connectivity index (χ0) is 14.5. The van der Waals surface area contributed by atoms with E-state index in [-0.39, 0.29) is 5.69 Å². The quantitative estimate of drug-likeness (QED) is 0.647. The number of rotatable bonds is 6. The van der Waals surface area contributed by atoms with E-state index in [1.165, 1.54) is 6.20 Å². The molecular weight excluding hydrogens is 256 g/mol. The van der Waals surface area contributed by atoms with Gasteiger partial charge in [-0.25, -0.2) is 4.98 Å². The Morgan fingerprint density at radius 3 is 2.85 bits per heavy atom. The van der Waals surface area contributed by atoms with Crippen LogP contribution >= 0.6 is 0 Å². The number of fused-ring (bicyclic) bond motifs is 1. The van der Waals surface area contributed by atoms with Crippen molar-refractivity contribution < 1.29 is 4.92 Å². The van der Waals surface area contributed by atoms with Gasteiger partial charge in [0.05, 0.1) is 10.4 Å². The number of para-hydroxylation sites is 1. The summed E-state index contributed by atoms with van der Waals surface area (Å²) in [5.41, 5.74) is 1.32. The molecule has 6 heteroatoms. The third-order valence-electron chi connectivity index (χ3n) is 3.29. The normalized spacial score (nSPS) is 10.9. The molecule has 0 aliphatic rings. The molecule has 0 saturated carbocycles. The summed E-state index contributed by atoms with van der Waals surface area (Å²) < 4.78 is 0. The molecule has 1 heterocycles. The van der Waals surface area contributed by atoms with Crippen molar-refractivity contribution in [1.29, 1.82) is 0 Å². The highest BCUT2D eigenvalue weighted by Crippen LogP contribution is 2.30. The second kappa shape index (κ2) is 6.29. The first kappa shape index (κ1) is 14.2. The van der Waals surface area contributed by atoms with E-state index in [9.17, 15) is 10.1 Å². The minimum atomic E-state index is -0.398. The van der Waals surface area contributed by atoms with Crippen molar-refractivity contribution in [2.24, 2.45) is 0 Å². The summed E-state index contributed by atoms with van der Waals surface area (Å²) in [4.78, 5) is 17.0. The molecule has 2 aromatic rings. The molecule has 0 spiro atoms. The molecule has 0 bridgehead atoms. The molecule has 0 fully saturated rings. The monoisotopic (exact) mass is 274 g/mol. The van der Waals surface area contributed by atoms with Crippen molar-refractivity contribution in [1.82, 2.24) is 9.88 Å². The van der Waals surface area contributed by atoms with Gasteiger partial charge in [-0.05, 0) is 19.7 Å². The van der Waals surface area contributed by atoms with Gasteiger partial charge in [-0.3, -0.25) is 10.1 Å². The Morgan fingerprint density at radius 2 is 2.15 bits per heavy atom. The van der Waals surface area contributed by atoms with Crippen molar-refractivity contribution in [3.05, 3.63) is 40.6 Å². The Bertz CT molecular complexity index is 615. The van der Waals surface area contributed by atoms with Crippen LogP contribution in [0.5, 0.6) is 0 Å². The number of likely N-dealkylation sites (N-methyl/N-ethyl adjacent to an activating group) is 1. The number of hydrogen-bond acceptors (Lipinski definition) is 5. The van der Waals surface area contributed by atoms with Gasteiger partial charge in [-0.15, -0.1) is 0 Å². The molecule has 106 valence electrons. The molecule has 6 nitrogen and oxygen atoms in total. The summed E-state index contributed by atoms with van der Waals surface area (Å²) in [7, 11) is 2.01. The molecule has 0 aliphatic carbocycles. The van der Waals surface area contributed by atoms with Gasteiger partial charge in [0.2, 0.25) is 0 Å². The molecule has 1 aromatic heterocycles. The van der Waals surface area contributed by atoms with Gasteiger partial charge in [-0.1, -0.05) is 25.1 Å². The number of benzene rings is 1. The van der Waals surface area contributed by atoms with Crippen LogP contribution in [-0.2, 0) is 0 Å². The predicted octanol–water partition coefficient (Wildman–Crippen LogP) is 2.51. The number of anilines is 1. The molecule has 2 rings (SSSR count). The summed E-state index contributed by atoms with van der Waals surface area (Å²) in [6.45, 7) is 4.49. The number of aromatic nitrogens is 1. The van der Waals surface area contributed by atoms with E-state index >= 15 is 0 Å². The first-order chi connectivity index (χ1) is 9.63. The molecule has 0 radical (unpaired) electrons. The Balaban J connectivity index is 2.32. The largest absolute Gasteiger partial charge is 0.378 e. The van der Waals surface area contributed by atoms with Gasteiger partial charge in [0.1, 0.15) is 11.9 Å². The summed E-state index contributed by atoms with van der Waals surface area (Å²) in [6, 6.07) is 7.43. The fraction of sp³-hybridized carbons (Fsp3) is 0.357. The average molecular weight is 274 g/mol. The zero-order valence-electron chi connectivity index (χ0n) is 11.7. The maximum absolute atomic E-state index is 11.1. The Kier molecular flexibility index (Phi) is 4.47. The lowest BCUT2D eigenvalue weighted by Crippen LogP contribution is -2.25.